The molecule has 8 heteroatoms. The van der Waals surface area contributed by atoms with Gasteiger partial charge in [-0.3, -0.25) is 4.79 Å². The van der Waals surface area contributed by atoms with Crippen molar-refractivity contribution in [2.75, 3.05) is 38.8 Å². The fourth-order valence-corrected chi connectivity index (χ4v) is 3.00. The molecule has 2 aromatic heterocycles. The van der Waals surface area contributed by atoms with Crippen LogP contribution >= 0.6 is 11.3 Å². The van der Waals surface area contributed by atoms with Crippen LogP contribution in [0, 0.1) is 6.92 Å². The molecule has 0 radical (unpaired) electrons. The van der Waals surface area contributed by atoms with Crippen molar-refractivity contribution in [2.45, 2.75) is 13.0 Å². The molecule has 7 nitrogen and oxygen atoms in total. The molecule has 23 heavy (non-hydrogen) atoms. The first kappa shape index (κ1) is 15.8. The topological polar surface area (TPSA) is 71.5 Å². The highest BCUT2D eigenvalue weighted by Crippen LogP contribution is 2.25. The minimum atomic E-state index is -0.295. The van der Waals surface area contributed by atoms with Gasteiger partial charge in [0.2, 0.25) is 0 Å². The zero-order chi connectivity index (χ0) is 16.4. The second-order valence-corrected chi connectivity index (χ2v) is 6.30. The van der Waals surface area contributed by atoms with Crippen molar-refractivity contribution >= 4 is 23.1 Å². The average molecular weight is 333 g/mol. The van der Waals surface area contributed by atoms with Gasteiger partial charge in [-0.15, -0.1) is 11.3 Å². The van der Waals surface area contributed by atoms with Crippen molar-refractivity contribution in [3.05, 3.63) is 34.2 Å². The summed E-state index contributed by atoms with van der Waals surface area (Å²) in [6.07, 6.45) is 0. The fraction of sp³-hybridized carbons (Fsp3) is 0.467. The van der Waals surface area contributed by atoms with Crippen molar-refractivity contribution in [1.82, 2.24) is 19.9 Å². The van der Waals surface area contributed by atoms with E-state index in [1.165, 1.54) is 11.3 Å². The molecule has 1 atom stereocenters. The smallest absolute Gasteiger partial charge is 0.274 e. The van der Waals surface area contributed by atoms with Gasteiger partial charge in [0.15, 0.2) is 5.82 Å². The molecule has 0 saturated carbocycles. The molecule has 0 aliphatic carbocycles. The Bertz CT molecular complexity index is 689. The number of amides is 1. The molecule has 2 aromatic rings. The van der Waals surface area contributed by atoms with Crippen LogP contribution in [0.5, 0.6) is 0 Å². The highest BCUT2D eigenvalue weighted by atomic mass is 32.1. The lowest BCUT2D eigenvalue weighted by atomic mass is 10.2. The Morgan fingerprint density at radius 1 is 1.43 bits per heavy atom. The maximum atomic E-state index is 12.7. The molecular formula is C15H19N5O2S. The first-order chi connectivity index (χ1) is 11.1. The molecule has 1 aliphatic heterocycles. The van der Waals surface area contributed by atoms with Gasteiger partial charge < -0.3 is 14.5 Å². The molecular weight excluding hydrogens is 314 g/mol. The summed E-state index contributed by atoms with van der Waals surface area (Å²) >= 11 is 1.41. The number of morpholine rings is 1. The van der Waals surface area contributed by atoms with Crippen LogP contribution in [0.3, 0.4) is 0 Å². The van der Waals surface area contributed by atoms with Crippen LogP contribution in [0.2, 0.25) is 0 Å². The Kier molecular flexibility index (Phi) is 4.53. The Morgan fingerprint density at radius 2 is 2.26 bits per heavy atom. The molecule has 0 aromatic carbocycles. The van der Waals surface area contributed by atoms with Gasteiger partial charge in [0, 0.05) is 37.8 Å². The van der Waals surface area contributed by atoms with Crippen molar-refractivity contribution in [3.63, 3.8) is 0 Å². The number of nitrogens with zero attached hydrogens (tertiary/aromatic N) is 5. The quantitative estimate of drug-likeness (QED) is 0.848. The maximum absolute atomic E-state index is 12.7. The van der Waals surface area contributed by atoms with Gasteiger partial charge in [-0.1, -0.05) is 0 Å². The van der Waals surface area contributed by atoms with Gasteiger partial charge in [0.1, 0.15) is 17.6 Å². The minimum Gasteiger partial charge on any atom is -0.377 e. The fourth-order valence-electron chi connectivity index (χ4n) is 2.48. The molecule has 0 unspecified atom stereocenters. The van der Waals surface area contributed by atoms with E-state index in [0.29, 0.717) is 31.3 Å². The molecule has 0 bridgehead atoms. The number of thiazole rings is 1. The monoisotopic (exact) mass is 333 g/mol. The van der Waals surface area contributed by atoms with Crippen LogP contribution in [0.1, 0.15) is 28.0 Å². The number of ether oxygens (including phenoxy) is 1. The van der Waals surface area contributed by atoms with Crippen LogP contribution in [-0.4, -0.2) is 59.6 Å². The summed E-state index contributed by atoms with van der Waals surface area (Å²) in [4.78, 5) is 29.6. The van der Waals surface area contributed by atoms with Gasteiger partial charge >= 0.3 is 0 Å². The van der Waals surface area contributed by atoms with E-state index in [9.17, 15) is 4.79 Å². The van der Waals surface area contributed by atoms with E-state index in [1.54, 1.807) is 15.8 Å². The average Bonchev–Trinajstić information content (AvgIpc) is 3.08. The summed E-state index contributed by atoms with van der Waals surface area (Å²) in [6.45, 7) is 3.34. The van der Waals surface area contributed by atoms with Crippen molar-refractivity contribution in [2.24, 2.45) is 0 Å². The van der Waals surface area contributed by atoms with Crippen LogP contribution < -0.4 is 4.90 Å². The van der Waals surface area contributed by atoms with Crippen molar-refractivity contribution < 1.29 is 9.53 Å². The lowest BCUT2D eigenvalue weighted by molar-refractivity contribution is -0.00550. The molecule has 0 spiro atoms. The zero-order valence-electron chi connectivity index (χ0n) is 13.4. The molecule has 0 N–H and O–H groups in total. The lowest BCUT2D eigenvalue weighted by Crippen LogP contribution is -2.44. The van der Waals surface area contributed by atoms with Crippen molar-refractivity contribution in [3.8, 4) is 0 Å². The summed E-state index contributed by atoms with van der Waals surface area (Å²) in [7, 11) is 3.86. The van der Waals surface area contributed by atoms with E-state index in [0.717, 1.165) is 11.5 Å². The third-order valence-electron chi connectivity index (χ3n) is 3.66. The Balaban J connectivity index is 1.94. The number of rotatable bonds is 3. The van der Waals surface area contributed by atoms with Crippen LogP contribution in [0.25, 0.3) is 0 Å². The van der Waals surface area contributed by atoms with Gasteiger partial charge in [-0.25, -0.2) is 15.0 Å². The van der Waals surface area contributed by atoms with Crippen LogP contribution in [-0.2, 0) is 4.74 Å². The van der Waals surface area contributed by atoms with E-state index < -0.39 is 0 Å². The molecule has 1 saturated heterocycles. The summed E-state index contributed by atoms with van der Waals surface area (Å²) in [5, 5.41) is 1.76. The number of anilines is 1. The lowest BCUT2D eigenvalue weighted by Gasteiger charge is -2.34. The molecule has 1 fully saturated rings. The minimum absolute atomic E-state index is 0.101. The Labute approximate surface area is 138 Å². The highest BCUT2D eigenvalue weighted by molar-refractivity contribution is 7.07. The van der Waals surface area contributed by atoms with E-state index in [1.807, 2.05) is 32.0 Å². The van der Waals surface area contributed by atoms with E-state index in [-0.39, 0.29) is 11.9 Å². The first-order valence-electron chi connectivity index (χ1n) is 7.36. The standard InChI is InChI=1S/C15H19N5O2S/c1-10-6-13(19(2)3)18-14(17-10)12-7-22-5-4-20(12)15(21)11-8-23-9-16-11/h6,8-9,12H,4-5,7H2,1-3H3/t12-/m0/s1. The van der Waals surface area contributed by atoms with E-state index in [4.69, 9.17) is 4.74 Å². The van der Waals surface area contributed by atoms with Crippen LogP contribution in [0.15, 0.2) is 17.0 Å². The van der Waals surface area contributed by atoms with Gasteiger partial charge in [-0.2, -0.15) is 0 Å². The predicted molar refractivity (Wildman–Crippen MR) is 87.8 cm³/mol. The third-order valence-corrected chi connectivity index (χ3v) is 4.24. The zero-order valence-corrected chi connectivity index (χ0v) is 14.2. The molecule has 1 aliphatic rings. The summed E-state index contributed by atoms with van der Waals surface area (Å²) < 4.78 is 5.57. The SMILES string of the molecule is Cc1cc(N(C)C)nc([C@@H]2COCCN2C(=O)c2cscn2)n1. The number of aryl methyl sites for hydroxylation is 1. The van der Waals surface area contributed by atoms with E-state index >= 15 is 0 Å². The van der Waals surface area contributed by atoms with Gasteiger partial charge in [0.25, 0.3) is 5.91 Å². The Hall–Kier alpha value is -2.06. The third kappa shape index (κ3) is 3.32. The molecule has 122 valence electrons. The number of carbonyl (C=O) groups is 1. The maximum Gasteiger partial charge on any atom is 0.274 e. The number of aromatic nitrogens is 3. The molecule has 3 heterocycles. The predicted octanol–water partition coefficient (Wildman–Crippen LogP) is 1.52. The molecule has 1 amide bonds. The number of hydrogen-bond donors (Lipinski definition) is 0. The van der Waals surface area contributed by atoms with Crippen molar-refractivity contribution in [1.29, 1.82) is 0 Å². The number of carbonyl (C=O) groups excluding carboxylic acids is 1. The van der Waals surface area contributed by atoms with E-state index in [2.05, 4.69) is 15.0 Å². The van der Waals surface area contributed by atoms with Gasteiger partial charge in [0.05, 0.1) is 18.7 Å². The highest BCUT2D eigenvalue weighted by Gasteiger charge is 2.32. The largest absolute Gasteiger partial charge is 0.377 e. The van der Waals surface area contributed by atoms with Gasteiger partial charge in [-0.05, 0) is 6.92 Å². The Morgan fingerprint density at radius 3 is 2.96 bits per heavy atom. The second-order valence-electron chi connectivity index (χ2n) is 5.58. The summed E-state index contributed by atoms with van der Waals surface area (Å²) in [5.74, 6) is 1.33. The summed E-state index contributed by atoms with van der Waals surface area (Å²) in [6, 6.07) is 1.62. The summed E-state index contributed by atoms with van der Waals surface area (Å²) in [5.41, 5.74) is 2.99. The normalized spacial score (nSPS) is 18.0. The first-order valence-corrected chi connectivity index (χ1v) is 8.30. The van der Waals surface area contributed by atoms with Crippen LogP contribution in [0.4, 0.5) is 5.82 Å². The molecule has 3 rings (SSSR count). The number of hydrogen-bond acceptors (Lipinski definition) is 7. The second kappa shape index (κ2) is 6.59.